The Balaban J connectivity index is 3.72. The van der Waals surface area contributed by atoms with Crippen LogP contribution in [0, 0.1) is 10.7 Å². The van der Waals surface area contributed by atoms with Gasteiger partial charge in [-0.2, -0.15) is 0 Å². The van der Waals surface area contributed by atoms with Crippen LogP contribution in [-0.4, -0.2) is 108 Å². The average Bonchev–Trinajstić information content (AvgIpc) is 2.80. The van der Waals surface area contributed by atoms with Crippen LogP contribution in [0.3, 0.4) is 0 Å². The Bertz CT molecular complexity index is 867. The van der Waals surface area contributed by atoms with Crippen molar-refractivity contribution >= 4 is 91.2 Å². The summed E-state index contributed by atoms with van der Waals surface area (Å²) in [6.45, 7) is -0.597. The number of hydrogen-bond acceptors (Lipinski definition) is 9. The van der Waals surface area contributed by atoms with Crippen LogP contribution in [0.5, 0.6) is 0 Å². The highest BCUT2D eigenvalue weighted by Gasteiger charge is 2.32. The van der Waals surface area contributed by atoms with Gasteiger partial charge in [-0.1, -0.05) is 0 Å². The maximum absolute atomic E-state index is 13.1. The van der Waals surface area contributed by atoms with Crippen molar-refractivity contribution in [3.63, 3.8) is 0 Å². The summed E-state index contributed by atoms with van der Waals surface area (Å²) in [7, 11) is 1.40. The molecular formula is C20H28I3N3O9. The number of ether oxygens (including phenoxy) is 1. The molecule has 12 nitrogen and oxygen atoms in total. The minimum absolute atomic E-state index is 0.0482. The van der Waals surface area contributed by atoms with Gasteiger partial charge < -0.3 is 45.8 Å². The second kappa shape index (κ2) is 15.7. The fourth-order valence-corrected chi connectivity index (χ4v) is 7.57. The minimum atomic E-state index is -1.20. The van der Waals surface area contributed by atoms with Crippen LogP contribution in [-0.2, 0) is 9.53 Å². The van der Waals surface area contributed by atoms with Gasteiger partial charge in [0.25, 0.3) is 11.8 Å². The van der Waals surface area contributed by atoms with E-state index in [9.17, 15) is 29.7 Å². The second-order valence-electron chi connectivity index (χ2n) is 7.37. The quantitative estimate of drug-likeness (QED) is 0.123. The second-order valence-corrected chi connectivity index (χ2v) is 10.6. The Labute approximate surface area is 243 Å². The predicted molar refractivity (Wildman–Crippen MR) is 151 cm³/mol. The SMILES string of the molecule is COC[C@@H](O)CN(C(C)=O)c1c(I)c(C(=O)NC[C@H](O)CO)c(I)c(C(=O)NC[C@H](O)CO)c1I. The Hall–Kier alpha value is -0.420. The normalized spacial score (nSPS) is 13.7. The number of nitrogens with zero attached hydrogens (tertiary/aromatic N) is 1. The number of anilines is 1. The van der Waals surface area contributed by atoms with Crippen molar-refractivity contribution in [3.8, 4) is 0 Å². The Morgan fingerprint density at radius 1 is 0.857 bits per heavy atom. The smallest absolute Gasteiger partial charge is 0.253 e. The minimum Gasteiger partial charge on any atom is -0.394 e. The lowest BCUT2D eigenvalue weighted by atomic mass is 10.1. The average molecular weight is 835 g/mol. The van der Waals surface area contributed by atoms with Crippen LogP contribution < -0.4 is 15.5 Å². The van der Waals surface area contributed by atoms with Gasteiger partial charge >= 0.3 is 0 Å². The molecule has 7 N–H and O–H groups in total. The van der Waals surface area contributed by atoms with Crippen LogP contribution >= 0.6 is 67.8 Å². The molecule has 3 atom stereocenters. The number of hydrogen-bond donors (Lipinski definition) is 7. The van der Waals surface area contributed by atoms with Crippen molar-refractivity contribution in [2.24, 2.45) is 0 Å². The molecule has 0 saturated carbocycles. The molecule has 198 valence electrons. The number of halogens is 3. The number of aliphatic hydroxyl groups is 5. The standard InChI is InChI=1S/C20H28I3N3O9/c1-9(29)26(5-12(32)8-35-2)18-16(22)13(19(33)24-3-10(30)6-27)15(21)14(17(18)23)20(34)25-4-11(31)7-28/h10-12,27-28,30-32H,3-8H2,1-2H3,(H,24,33)(H,25,34)/t10-,11-,12-/m0/s1. The van der Waals surface area contributed by atoms with Gasteiger partial charge in [-0.15, -0.1) is 0 Å². The van der Waals surface area contributed by atoms with Gasteiger partial charge in [0.2, 0.25) is 5.91 Å². The lowest BCUT2D eigenvalue weighted by Crippen LogP contribution is -2.41. The molecule has 0 fully saturated rings. The zero-order chi connectivity index (χ0) is 26.9. The molecule has 35 heavy (non-hydrogen) atoms. The summed E-state index contributed by atoms with van der Waals surface area (Å²) in [6.07, 6.45) is -3.44. The van der Waals surface area contributed by atoms with Gasteiger partial charge in [0, 0.05) is 30.7 Å². The molecule has 1 aromatic rings. The van der Waals surface area contributed by atoms with Crippen molar-refractivity contribution in [3.05, 3.63) is 21.8 Å². The van der Waals surface area contributed by atoms with Crippen LogP contribution in [0.1, 0.15) is 27.6 Å². The first-order valence-corrected chi connectivity index (χ1v) is 13.4. The summed E-state index contributed by atoms with van der Waals surface area (Å²) in [5.74, 6) is -1.77. The van der Waals surface area contributed by atoms with Crippen molar-refractivity contribution in [2.45, 2.75) is 25.2 Å². The van der Waals surface area contributed by atoms with Crippen LogP contribution in [0.15, 0.2) is 0 Å². The van der Waals surface area contributed by atoms with Gasteiger partial charge in [0.1, 0.15) is 0 Å². The fourth-order valence-electron chi connectivity index (χ4n) is 2.85. The fraction of sp³-hybridized carbons (Fsp3) is 0.550. The molecule has 0 aliphatic rings. The third kappa shape index (κ3) is 9.13. The van der Waals surface area contributed by atoms with E-state index in [1.165, 1.54) is 18.9 Å². The zero-order valence-corrected chi connectivity index (χ0v) is 25.4. The monoisotopic (exact) mass is 835 g/mol. The van der Waals surface area contributed by atoms with E-state index < -0.39 is 49.2 Å². The van der Waals surface area contributed by atoms with E-state index in [1.54, 1.807) is 0 Å². The van der Waals surface area contributed by atoms with E-state index in [-0.39, 0.29) is 46.6 Å². The number of methoxy groups -OCH3 is 1. The molecule has 0 aliphatic carbocycles. The molecular weight excluding hydrogens is 807 g/mol. The Morgan fingerprint density at radius 3 is 1.63 bits per heavy atom. The third-order valence-electron chi connectivity index (χ3n) is 4.57. The highest BCUT2D eigenvalue weighted by Crippen LogP contribution is 2.38. The number of aliphatic hydroxyl groups excluding tert-OH is 5. The summed E-state index contributed by atoms with van der Waals surface area (Å²) in [5, 5.41) is 52.6. The van der Waals surface area contributed by atoms with Crippen molar-refractivity contribution in [1.82, 2.24) is 10.6 Å². The lowest BCUT2D eigenvalue weighted by Gasteiger charge is -2.29. The van der Waals surface area contributed by atoms with Gasteiger partial charge in [-0.25, -0.2) is 0 Å². The molecule has 0 spiro atoms. The first-order valence-electron chi connectivity index (χ1n) is 10.2. The molecule has 0 heterocycles. The van der Waals surface area contributed by atoms with Gasteiger partial charge in [-0.05, 0) is 67.8 Å². The van der Waals surface area contributed by atoms with Crippen LogP contribution in [0.2, 0.25) is 0 Å². The van der Waals surface area contributed by atoms with E-state index in [4.69, 9.17) is 14.9 Å². The number of carbonyl (C=O) groups is 3. The number of amides is 3. The van der Waals surface area contributed by atoms with E-state index in [0.29, 0.717) is 7.14 Å². The number of carbonyl (C=O) groups excluding carboxylic acids is 3. The maximum atomic E-state index is 13.1. The summed E-state index contributed by atoms with van der Waals surface area (Å²) < 4.78 is 5.83. The van der Waals surface area contributed by atoms with Gasteiger partial charge in [-0.3, -0.25) is 14.4 Å². The van der Waals surface area contributed by atoms with Crippen LogP contribution in [0.4, 0.5) is 5.69 Å². The third-order valence-corrected chi connectivity index (χ3v) is 7.75. The van der Waals surface area contributed by atoms with Crippen molar-refractivity contribution in [2.75, 3.05) is 51.5 Å². The molecule has 1 rings (SSSR count). The highest BCUT2D eigenvalue weighted by molar-refractivity contribution is 14.1. The Morgan fingerprint density at radius 2 is 1.29 bits per heavy atom. The van der Waals surface area contributed by atoms with Crippen molar-refractivity contribution in [1.29, 1.82) is 0 Å². The molecule has 1 aromatic carbocycles. The van der Waals surface area contributed by atoms with E-state index in [2.05, 4.69) is 10.6 Å². The summed E-state index contributed by atoms with van der Waals surface area (Å²) in [6, 6.07) is 0. The van der Waals surface area contributed by atoms with Gasteiger partial charge in [0.15, 0.2) is 0 Å². The van der Waals surface area contributed by atoms with E-state index >= 15 is 0 Å². The first-order chi connectivity index (χ1) is 16.4. The number of rotatable bonds is 13. The topological polar surface area (TPSA) is 189 Å². The molecule has 3 amide bonds. The molecule has 0 aromatic heterocycles. The molecule has 0 radical (unpaired) electrons. The van der Waals surface area contributed by atoms with Gasteiger partial charge in [0.05, 0.1) is 68.6 Å². The largest absolute Gasteiger partial charge is 0.394 e. The molecule has 0 saturated heterocycles. The van der Waals surface area contributed by atoms with E-state index in [1.807, 2.05) is 67.8 Å². The molecule has 0 bridgehead atoms. The zero-order valence-electron chi connectivity index (χ0n) is 18.9. The summed E-state index contributed by atoms with van der Waals surface area (Å²) in [5.41, 5.74) is 0.314. The molecule has 0 unspecified atom stereocenters. The lowest BCUT2D eigenvalue weighted by molar-refractivity contribution is -0.117. The number of benzene rings is 1. The summed E-state index contributed by atoms with van der Waals surface area (Å²) >= 11 is 5.57. The first kappa shape index (κ1) is 32.6. The molecule has 15 heteroatoms. The summed E-state index contributed by atoms with van der Waals surface area (Å²) in [4.78, 5) is 40.0. The Kier molecular flexibility index (Phi) is 14.7. The maximum Gasteiger partial charge on any atom is 0.253 e. The van der Waals surface area contributed by atoms with Crippen molar-refractivity contribution < 1.29 is 44.7 Å². The van der Waals surface area contributed by atoms with Crippen LogP contribution in [0.25, 0.3) is 0 Å². The molecule has 0 aliphatic heterocycles. The van der Waals surface area contributed by atoms with E-state index in [0.717, 1.165) is 0 Å². The predicted octanol–water partition coefficient (Wildman–Crippen LogP) is -0.973. The highest BCUT2D eigenvalue weighted by atomic mass is 127. The number of nitrogens with one attached hydrogen (secondary N) is 2.